The quantitative estimate of drug-likeness (QED) is 0.190. The van der Waals surface area contributed by atoms with Crippen LogP contribution in [0.2, 0.25) is 0 Å². The van der Waals surface area contributed by atoms with Gasteiger partial charge in [0.25, 0.3) is 0 Å². The second-order valence-corrected chi connectivity index (χ2v) is 4.13. The lowest BCUT2D eigenvalue weighted by Gasteiger charge is -2.03. The molecule has 0 aliphatic carbocycles. The van der Waals surface area contributed by atoms with Crippen LogP contribution in [-0.2, 0) is 4.79 Å². The van der Waals surface area contributed by atoms with Gasteiger partial charge >= 0.3 is 0 Å². The second kappa shape index (κ2) is 9.64. The summed E-state index contributed by atoms with van der Waals surface area (Å²) in [5.74, 6) is 1.19. The highest BCUT2D eigenvalue weighted by Gasteiger charge is 1.99. The van der Waals surface area contributed by atoms with E-state index in [2.05, 4.69) is 10.5 Å². The summed E-state index contributed by atoms with van der Waals surface area (Å²) in [4.78, 5) is 11.1. The summed E-state index contributed by atoms with van der Waals surface area (Å²) in [5.41, 5.74) is 5.29. The maximum atomic E-state index is 11.1. The van der Waals surface area contributed by atoms with Crippen LogP contribution in [0.1, 0.15) is 25.7 Å². The summed E-state index contributed by atoms with van der Waals surface area (Å²) in [7, 11) is 0. The Hall–Kier alpha value is -0.910. The number of unbranched alkanes of at least 4 members (excludes halogenated alkanes) is 1. The van der Waals surface area contributed by atoms with Crippen LogP contribution in [-0.4, -0.2) is 35.5 Å². The number of hydrogen-bond acceptors (Lipinski definition) is 4. The molecule has 0 aliphatic rings. The van der Waals surface area contributed by atoms with Crippen LogP contribution in [0.5, 0.6) is 0 Å². The Morgan fingerprint density at radius 3 is 2.80 bits per heavy atom. The molecule has 5 nitrogen and oxygen atoms in total. The minimum atomic E-state index is 0.0909. The third kappa shape index (κ3) is 9.40. The molecule has 0 radical (unpaired) electrons. The van der Waals surface area contributed by atoms with Crippen LogP contribution < -0.4 is 11.1 Å². The van der Waals surface area contributed by atoms with Gasteiger partial charge in [0.05, 0.1) is 0 Å². The molecule has 0 saturated heterocycles. The highest BCUT2D eigenvalue weighted by Crippen LogP contribution is 1.96. The fraction of sp³-hybridized carbons (Fsp3) is 0.778. The van der Waals surface area contributed by atoms with Gasteiger partial charge in [0.2, 0.25) is 5.91 Å². The molecule has 0 aromatic carbocycles. The van der Waals surface area contributed by atoms with Gasteiger partial charge < -0.3 is 16.3 Å². The molecule has 0 unspecified atom stereocenters. The van der Waals surface area contributed by atoms with Crippen molar-refractivity contribution in [2.45, 2.75) is 25.7 Å². The Morgan fingerprint density at radius 1 is 1.47 bits per heavy atom. The van der Waals surface area contributed by atoms with Crippen molar-refractivity contribution in [1.29, 1.82) is 0 Å². The van der Waals surface area contributed by atoms with E-state index in [-0.39, 0.29) is 11.7 Å². The van der Waals surface area contributed by atoms with Crippen LogP contribution >= 0.6 is 11.8 Å². The second-order valence-electron chi connectivity index (χ2n) is 3.14. The molecule has 15 heavy (non-hydrogen) atoms. The van der Waals surface area contributed by atoms with E-state index in [1.54, 1.807) is 11.8 Å². The number of carbonyl (C=O) groups is 1. The molecule has 0 fully saturated rings. The van der Waals surface area contributed by atoms with E-state index in [1.165, 1.54) is 0 Å². The molecule has 0 spiro atoms. The third-order valence-corrected chi connectivity index (χ3v) is 2.46. The van der Waals surface area contributed by atoms with Crippen molar-refractivity contribution in [2.24, 2.45) is 10.9 Å². The third-order valence-electron chi connectivity index (χ3n) is 1.84. The maximum absolute atomic E-state index is 11.1. The average Bonchev–Trinajstić information content (AvgIpc) is 2.25. The van der Waals surface area contributed by atoms with Crippen molar-refractivity contribution < 1.29 is 10.0 Å². The summed E-state index contributed by atoms with van der Waals surface area (Å²) in [6.45, 7) is 0.659. The first-order valence-corrected chi connectivity index (χ1v) is 6.32. The molecule has 0 aromatic heterocycles. The lowest BCUT2D eigenvalue weighted by atomic mass is 10.2. The molecule has 6 heteroatoms. The Morgan fingerprint density at radius 2 is 2.20 bits per heavy atom. The molecule has 0 heterocycles. The lowest BCUT2D eigenvalue weighted by Crippen LogP contribution is -2.24. The fourth-order valence-corrected chi connectivity index (χ4v) is 1.38. The minimum absolute atomic E-state index is 0.0909. The number of nitrogens with one attached hydrogen (secondary N) is 1. The SMILES string of the molecule is CSCCC(=O)NCCCCC(N)=NO. The fourth-order valence-electron chi connectivity index (χ4n) is 0.992. The number of amidine groups is 1. The molecule has 0 aromatic rings. The Labute approximate surface area is 94.5 Å². The van der Waals surface area contributed by atoms with E-state index < -0.39 is 0 Å². The molecule has 4 N–H and O–H groups in total. The molecular formula is C9H19N3O2S. The Kier molecular flexibility index (Phi) is 9.05. The van der Waals surface area contributed by atoms with Gasteiger partial charge in [-0.2, -0.15) is 11.8 Å². The van der Waals surface area contributed by atoms with E-state index in [9.17, 15) is 4.79 Å². The monoisotopic (exact) mass is 233 g/mol. The van der Waals surface area contributed by atoms with Gasteiger partial charge in [0.15, 0.2) is 0 Å². The summed E-state index contributed by atoms with van der Waals surface area (Å²) in [6, 6.07) is 0. The standard InChI is InChI=1S/C9H19N3O2S/c1-15-7-5-9(13)11-6-3-2-4-8(10)12-14/h14H,2-7H2,1H3,(H2,10,12)(H,11,13). The molecular weight excluding hydrogens is 214 g/mol. The summed E-state index contributed by atoms with van der Waals surface area (Å²) < 4.78 is 0. The van der Waals surface area contributed by atoms with Crippen molar-refractivity contribution in [3.63, 3.8) is 0 Å². The van der Waals surface area contributed by atoms with E-state index in [0.717, 1.165) is 18.6 Å². The molecule has 0 atom stereocenters. The number of thioether (sulfide) groups is 1. The largest absolute Gasteiger partial charge is 0.409 e. The van der Waals surface area contributed by atoms with Crippen LogP contribution in [0, 0.1) is 0 Å². The van der Waals surface area contributed by atoms with Crippen LogP contribution in [0.15, 0.2) is 5.16 Å². The van der Waals surface area contributed by atoms with Crippen LogP contribution in [0.25, 0.3) is 0 Å². The summed E-state index contributed by atoms with van der Waals surface area (Å²) >= 11 is 1.66. The zero-order valence-electron chi connectivity index (χ0n) is 9.03. The van der Waals surface area contributed by atoms with E-state index in [0.29, 0.717) is 19.4 Å². The minimum Gasteiger partial charge on any atom is -0.409 e. The van der Waals surface area contributed by atoms with Gasteiger partial charge in [-0.25, -0.2) is 0 Å². The highest BCUT2D eigenvalue weighted by atomic mass is 32.2. The van der Waals surface area contributed by atoms with Gasteiger partial charge in [-0.1, -0.05) is 5.16 Å². The van der Waals surface area contributed by atoms with Gasteiger partial charge in [-0.15, -0.1) is 0 Å². The normalized spacial score (nSPS) is 11.4. The number of nitrogens with two attached hydrogens (primary N) is 1. The number of carbonyl (C=O) groups excluding carboxylic acids is 1. The molecule has 1 amide bonds. The predicted molar refractivity (Wildman–Crippen MR) is 63.3 cm³/mol. The van der Waals surface area contributed by atoms with Crippen LogP contribution in [0.3, 0.4) is 0 Å². The topological polar surface area (TPSA) is 87.7 Å². The number of oxime groups is 1. The highest BCUT2D eigenvalue weighted by molar-refractivity contribution is 7.98. The van der Waals surface area contributed by atoms with E-state index >= 15 is 0 Å². The summed E-state index contributed by atoms with van der Waals surface area (Å²) in [5, 5.41) is 13.9. The van der Waals surface area contributed by atoms with Gasteiger partial charge in [-0.3, -0.25) is 4.79 Å². The molecule has 0 saturated carbocycles. The Bertz CT molecular complexity index is 210. The molecule has 0 rings (SSSR count). The van der Waals surface area contributed by atoms with Crippen molar-refractivity contribution in [2.75, 3.05) is 18.6 Å². The number of rotatable bonds is 8. The molecule has 0 bridgehead atoms. The van der Waals surface area contributed by atoms with Gasteiger partial charge in [-0.05, 0) is 19.1 Å². The van der Waals surface area contributed by atoms with Gasteiger partial charge in [0.1, 0.15) is 5.84 Å². The molecule has 88 valence electrons. The number of nitrogens with zero attached hydrogens (tertiary/aromatic N) is 1. The number of amides is 1. The average molecular weight is 233 g/mol. The molecule has 0 aliphatic heterocycles. The van der Waals surface area contributed by atoms with Crippen LogP contribution in [0.4, 0.5) is 0 Å². The van der Waals surface area contributed by atoms with Crippen molar-refractivity contribution in [1.82, 2.24) is 5.32 Å². The first-order valence-electron chi connectivity index (χ1n) is 4.92. The lowest BCUT2D eigenvalue weighted by molar-refractivity contribution is -0.120. The maximum Gasteiger partial charge on any atom is 0.220 e. The number of hydrogen-bond donors (Lipinski definition) is 3. The smallest absolute Gasteiger partial charge is 0.220 e. The van der Waals surface area contributed by atoms with E-state index in [1.807, 2.05) is 6.26 Å². The predicted octanol–water partition coefficient (Wildman–Crippen LogP) is 0.772. The van der Waals surface area contributed by atoms with Gasteiger partial charge in [0, 0.05) is 25.1 Å². The Balaban J connectivity index is 3.27. The van der Waals surface area contributed by atoms with Crippen molar-refractivity contribution in [3.05, 3.63) is 0 Å². The summed E-state index contributed by atoms with van der Waals surface area (Å²) in [6.07, 6.45) is 4.78. The van der Waals surface area contributed by atoms with E-state index in [4.69, 9.17) is 10.9 Å². The zero-order chi connectivity index (χ0) is 11.5. The first-order chi connectivity index (χ1) is 7.20. The van der Waals surface area contributed by atoms with Crippen molar-refractivity contribution >= 4 is 23.5 Å². The zero-order valence-corrected chi connectivity index (χ0v) is 9.85. The van der Waals surface area contributed by atoms with Crippen molar-refractivity contribution in [3.8, 4) is 0 Å². The first kappa shape index (κ1) is 14.1.